The maximum absolute atomic E-state index is 5.64. The topological polar surface area (TPSA) is 50.2 Å². The third-order valence-electron chi connectivity index (χ3n) is 2.44. The van der Waals surface area contributed by atoms with E-state index in [4.69, 9.17) is 11.6 Å². The van der Waals surface area contributed by atoms with E-state index in [0.717, 1.165) is 5.56 Å². The van der Waals surface area contributed by atoms with Crippen molar-refractivity contribution in [3.05, 3.63) is 52.2 Å². The van der Waals surface area contributed by atoms with Crippen LogP contribution in [0.2, 0.25) is 5.15 Å². The van der Waals surface area contributed by atoms with E-state index < -0.39 is 0 Å². The number of halogens is 1. The molecule has 1 heterocycles. The predicted molar refractivity (Wildman–Crippen MR) is 74.2 cm³/mol. The van der Waals surface area contributed by atoms with Crippen LogP contribution in [0.25, 0.3) is 0 Å². The second-order valence-corrected chi connectivity index (χ2v) is 4.36. The number of hydrazone groups is 1. The highest BCUT2D eigenvalue weighted by atomic mass is 35.5. The molecule has 0 saturated carbocycles. The Morgan fingerprint density at radius 1 is 1.17 bits per heavy atom. The Balaban J connectivity index is 2.05. The largest absolute Gasteiger partial charge is 0.260 e. The maximum atomic E-state index is 5.64. The molecule has 2 aromatic rings. The molecule has 2 rings (SSSR count). The number of nitrogens with one attached hydrogen (secondary N) is 1. The number of aromatic nitrogens is 2. The number of nitrogens with zero attached hydrogens (tertiary/aromatic N) is 3. The van der Waals surface area contributed by atoms with Crippen molar-refractivity contribution in [1.29, 1.82) is 0 Å². The molecule has 0 amide bonds. The van der Waals surface area contributed by atoms with E-state index in [1.54, 1.807) is 18.3 Å². The van der Waals surface area contributed by atoms with Crippen molar-refractivity contribution in [3.63, 3.8) is 0 Å². The first kappa shape index (κ1) is 12.5. The van der Waals surface area contributed by atoms with Crippen LogP contribution < -0.4 is 5.43 Å². The number of hydrogen-bond acceptors (Lipinski definition) is 4. The Bertz CT molecular complexity index is 564. The zero-order chi connectivity index (χ0) is 13.0. The Kier molecular flexibility index (Phi) is 3.89. The SMILES string of the molecule is Cc1ccc(/C=N/Nc2ccc(Cl)nn2)c(C)c1. The highest BCUT2D eigenvalue weighted by molar-refractivity contribution is 6.29. The summed E-state index contributed by atoms with van der Waals surface area (Å²) >= 11 is 5.64. The third-order valence-corrected chi connectivity index (χ3v) is 2.64. The predicted octanol–water partition coefficient (Wildman–Crippen LogP) is 3.19. The van der Waals surface area contributed by atoms with Crippen LogP contribution in [0.1, 0.15) is 16.7 Å². The molecule has 0 saturated heterocycles. The van der Waals surface area contributed by atoms with Crippen molar-refractivity contribution < 1.29 is 0 Å². The molecule has 4 nitrogen and oxygen atoms in total. The molecule has 0 bridgehead atoms. The molecule has 0 atom stereocenters. The summed E-state index contributed by atoms with van der Waals surface area (Å²) in [6.07, 6.45) is 1.76. The molecule has 0 spiro atoms. The Morgan fingerprint density at radius 3 is 2.67 bits per heavy atom. The zero-order valence-corrected chi connectivity index (χ0v) is 10.9. The van der Waals surface area contributed by atoms with E-state index in [1.165, 1.54) is 11.1 Å². The molecule has 0 radical (unpaired) electrons. The molecule has 1 N–H and O–H groups in total. The molecule has 0 unspecified atom stereocenters. The third kappa shape index (κ3) is 3.28. The highest BCUT2D eigenvalue weighted by Crippen LogP contribution is 2.09. The van der Waals surface area contributed by atoms with Gasteiger partial charge in [0.05, 0.1) is 6.21 Å². The van der Waals surface area contributed by atoms with Crippen molar-refractivity contribution >= 4 is 23.6 Å². The van der Waals surface area contributed by atoms with E-state index in [-0.39, 0.29) is 0 Å². The monoisotopic (exact) mass is 260 g/mol. The smallest absolute Gasteiger partial charge is 0.168 e. The molecular weight excluding hydrogens is 248 g/mol. The van der Waals surface area contributed by atoms with Crippen LogP contribution >= 0.6 is 11.6 Å². The van der Waals surface area contributed by atoms with Gasteiger partial charge in [-0.05, 0) is 37.1 Å². The molecule has 5 heteroatoms. The lowest BCUT2D eigenvalue weighted by Gasteiger charge is -2.01. The summed E-state index contributed by atoms with van der Waals surface area (Å²) in [7, 11) is 0. The van der Waals surface area contributed by atoms with Crippen molar-refractivity contribution in [2.24, 2.45) is 5.10 Å². The van der Waals surface area contributed by atoms with E-state index in [9.17, 15) is 0 Å². The first-order valence-electron chi connectivity index (χ1n) is 5.51. The van der Waals surface area contributed by atoms with Gasteiger partial charge in [0.25, 0.3) is 0 Å². The molecule has 92 valence electrons. The van der Waals surface area contributed by atoms with Gasteiger partial charge in [-0.25, -0.2) is 0 Å². The van der Waals surface area contributed by atoms with Gasteiger partial charge in [0.1, 0.15) is 0 Å². The second kappa shape index (κ2) is 5.60. The normalized spacial score (nSPS) is 10.8. The average molecular weight is 261 g/mol. The highest BCUT2D eigenvalue weighted by Gasteiger charge is 1.95. The van der Waals surface area contributed by atoms with Crippen molar-refractivity contribution in [2.45, 2.75) is 13.8 Å². The summed E-state index contributed by atoms with van der Waals surface area (Å²) < 4.78 is 0. The quantitative estimate of drug-likeness (QED) is 0.681. The number of aryl methyl sites for hydroxylation is 2. The molecule has 1 aromatic carbocycles. The van der Waals surface area contributed by atoms with Gasteiger partial charge in [-0.3, -0.25) is 5.43 Å². The fourth-order valence-corrected chi connectivity index (χ4v) is 1.61. The van der Waals surface area contributed by atoms with Gasteiger partial charge in [0.15, 0.2) is 11.0 Å². The van der Waals surface area contributed by atoms with Gasteiger partial charge in [-0.2, -0.15) is 5.10 Å². The molecule has 0 fully saturated rings. The second-order valence-electron chi connectivity index (χ2n) is 3.97. The van der Waals surface area contributed by atoms with E-state index in [2.05, 4.69) is 46.7 Å². The Morgan fingerprint density at radius 2 is 2.00 bits per heavy atom. The van der Waals surface area contributed by atoms with Crippen molar-refractivity contribution in [1.82, 2.24) is 10.2 Å². The van der Waals surface area contributed by atoms with Gasteiger partial charge in [0, 0.05) is 0 Å². The fraction of sp³-hybridized carbons (Fsp3) is 0.154. The standard InChI is InChI=1S/C13H13ClN4/c1-9-3-4-11(10(2)7-9)8-15-17-13-6-5-12(14)16-18-13/h3-8H,1-2H3,(H,17,18)/b15-8+. The minimum absolute atomic E-state index is 0.360. The van der Waals surface area contributed by atoms with Gasteiger partial charge < -0.3 is 0 Å². The lowest BCUT2D eigenvalue weighted by Crippen LogP contribution is -1.96. The van der Waals surface area contributed by atoms with Gasteiger partial charge >= 0.3 is 0 Å². The van der Waals surface area contributed by atoms with E-state index in [1.807, 2.05) is 6.07 Å². The van der Waals surface area contributed by atoms with E-state index in [0.29, 0.717) is 11.0 Å². The Hall–Kier alpha value is -1.94. The summed E-state index contributed by atoms with van der Waals surface area (Å²) in [6, 6.07) is 9.57. The zero-order valence-electron chi connectivity index (χ0n) is 10.2. The molecule has 0 aliphatic carbocycles. The van der Waals surface area contributed by atoms with Crippen LogP contribution in [0.5, 0.6) is 0 Å². The summed E-state index contributed by atoms with van der Waals surface area (Å²) in [5.74, 6) is 0.556. The molecule has 0 aliphatic heterocycles. The van der Waals surface area contributed by atoms with Gasteiger partial charge in [-0.15, -0.1) is 10.2 Å². The maximum Gasteiger partial charge on any atom is 0.168 e. The average Bonchev–Trinajstić information content (AvgIpc) is 2.34. The number of anilines is 1. The molecular formula is C13H13ClN4. The van der Waals surface area contributed by atoms with Crippen LogP contribution in [0, 0.1) is 13.8 Å². The number of rotatable bonds is 3. The lowest BCUT2D eigenvalue weighted by atomic mass is 10.1. The molecule has 1 aromatic heterocycles. The Labute approximate surface area is 111 Å². The van der Waals surface area contributed by atoms with Crippen LogP contribution in [-0.2, 0) is 0 Å². The molecule has 18 heavy (non-hydrogen) atoms. The van der Waals surface area contributed by atoms with Gasteiger partial charge in [-0.1, -0.05) is 35.4 Å². The number of hydrogen-bond donors (Lipinski definition) is 1. The summed E-state index contributed by atoms with van der Waals surface area (Å²) in [5.41, 5.74) is 6.28. The van der Waals surface area contributed by atoms with Crippen LogP contribution in [0.15, 0.2) is 35.4 Å². The van der Waals surface area contributed by atoms with E-state index >= 15 is 0 Å². The summed E-state index contributed by atoms with van der Waals surface area (Å²) in [6.45, 7) is 4.12. The van der Waals surface area contributed by atoms with Crippen LogP contribution in [0.4, 0.5) is 5.82 Å². The first-order chi connectivity index (χ1) is 8.65. The van der Waals surface area contributed by atoms with Crippen molar-refractivity contribution in [3.8, 4) is 0 Å². The first-order valence-corrected chi connectivity index (χ1v) is 5.88. The van der Waals surface area contributed by atoms with Crippen LogP contribution in [0.3, 0.4) is 0 Å². The summed E-state index contributed by atoms with van der Waals surface area (Å²) in [5, 5.41) is 12.0. The lowest BCUT2D eigenvalue weighted by molar-refractivity contribution is 1.02. The molecule has 0 aliphatic rings. The van der Waals surface area contributed by atoms with Crippen LogP contribution in [-0.4, -0.2) is 16.4 Å². The van der Waals surface area contributed by atoms with Crippen molar-refractivity contribution in [2.75, 3.05) is 5.43 Å². The van der Waals surface area contributed by atoms with Gasteiger partial charge in [0.2, 0.25) is 0 Å². The minimum Gasteiger partial charge on any atom is -0.260 e. The summed E-state index contributed by atoms with van der Waals surface area (Å²) in [4.78, 5) is 0. The minimum atomic E-state index is 0.360. The number of benzene rings is 1. The fourth-order valence-electron chi connectivity index (χ4n) is 1.51.